The Hall–Kier alpha value is -2.16. The van der Waals surface area contributed by atoms with Crippen molar-refractivity contribution in [3.05, 3.63) is 53.3 Å². The topological polar surface area (TPSA) is 80.6 Å². The number of aryl methyl sites for hydroxylation is 2. The number of nitrogens with zero attached hydrogens (tertiary/aromatic N) is 2. The van der Waals surface area contributed by atoms with Gasteiger partial charge in [-0.25, -0.2) is 8.42 Å². The third-order valence-electron chi connectivity index (χ3n) is 4.39. The number of morpholine rings is 1. The third kappa shape index (κ3) is 3.98. The Morgan fingerprint density at radius 3 is 2.50 bits per heavy atom. The lowest BCUT2D eigenvalue weighted by atomic mass is 10.1. The highest BCUT2D eigenvalue weighted by atomic mass is 32.2. The van der Waals surface area contributed by atoms with Gasteiger partial charge in [0.2, 0.25) is 10.0 Å². The largest absolute Gasteiger partial charge is 0.379 e. The van der Waals surface area contributed by atoms with Gasteiger partial charge in [-0.1, -0.05) is 29.8 Å². The minimum absolute atomic E-state index is 0.127. The Morgan fingerprint density at radius 1 is 1.19 bits per heavy atom. The van der Waals surface area contributed by atoms with E-state index in [-0.39, 0.29) is 10.8 Å². The fourth-order valence-electron chi connectivity index (χ4n) is 2.82. The summed E-state index contributed by atoms with van der Waals surface area (Å²) in [7, 11) is -1.95. The van der Waals surface area contributed by atoms with E-state index in [1.807, 2.05) is 31.2 Å². The first-order valence-corrected chi connectivity index (χ1v) is 9.90. The first-order valence-electron chi connectivity index (χ1n) is 8.46. The van der Waals surface area contributed by atoms with Crippen molar-refractivity contribution in [2.24, 2.45) is 7.05 Å². The molecule has 3 rings (SSSR count). The van der Waals surface area contributed by atoms with Gasteiger partial charge in [-0.2, -0.15) is 4.31 Å². The first-order chi connectivity index (χ1) is 12.4. The van der Waals surface area contributed by atoms with Gasteiger partial charge in [0.1, 0.15) is 10.6 Å². The second kappa shape index (κ2) is 7.61. The fourth-order valence-corrected chi connectivity index (χ4v) is 4.30. The zero-order valence-electron chi connectivity index (χ0n) is 14.9. The van der Waals surface area contributed by atoms with Gasteiger partial charge in [0.15, 0.2) is 0 Å². The number of hydrogen-bond donors (Lipinski definition) is 1. The van der Waals surface area contributed by atoms with E-state index in [4.69, 9.17) is 4.74 Å². The van der Waals surface area contributed by atoms with Crippen LogP contribution in [0.1, 0.15) is 21.6 Å². The number of hydrogen-bond acceptors (Lipinski definition) is 4. The van der Waals surface area contributed by atoms with Gasteiger partial charge in [0.05, 0.1) is 13.2 Å². The Balaban J connectivity index is 1.72. The van der Waals surface area contributed by atoms with Gasteiger partial charge in [-0.15, -0.1) is 0 Å². The van der Waals surface area contributed by atoms with Crippen LogP contribution in [0.2, 0.25) is 0 Å². The molecule has 140 valence electrons. The van der Waals surface area contributed by atoms with Crippen molar-refractivity contribution >= 4 is 15.9 Å². The standard InChI is InChI=1S/C18H23N3O4S/c1-14-3-5-15(6-4-14)12-19-18(22)17-11-16(13-20(17)2)26(23,24)21-7-9-25-10-8-21/h3-6,11,13H,7-10,12H2,1-2H3,(H,19,22). The molecule has 1 fully saturated rings. The van der Waals surface area contributed by atoms with Gasteiger partial charge in [0, 0.05) is 32.9 Å². The van der Waals surface area contributed by atoms with E-state index in [1.165, 1.54) is 21.1 Å². The molecule has 1 N–H and O–H groups in total. The minimum Gasteiger partial charge on any atom is -0.379 e. The first kappa shape index (κ1) is 18.6. The van der Waals surface area contributed by atoms with Gasteiger partial charge < -0.3 is 14.6 Å². The molecule has 0 unspecified atom stereocenters. The summed E-state index contributed by atoms with van der Waals surface area (Å²) in [4.78, 5) is 12.6. The van der Waals surface area contributed by atoms with Crippen molar-refractivity contribution in [1.29, 1.82) is 0 Å². The van der Waals surface area contributed by atoms with E-state index in [9.17, 15) is 13.2 Å². The highest BCUT2D eigenvalue weighted by Gasteiger charge is 2.28. The van der Waals surface area contributed by atoms with E-state index >= 15 is 0 Å². The molecular weight excluding hydrogens is 354 g/mol. The lowest BCUT2D eigenvalue weighted by Gasteiger charge is -2.25. The Labute approximate surface area is 153 Å². The molecule has 8 heteroatoms. The molecular formula is C18H23N3O4S. The molecule has 0 bridgehead atoms. The summed E-state index contributed by atoms with van der Waals surface area (Å²) in [5.41, 5.74) is 2.45. The summed E-state index contributed by atoms with van der Waals surface area (Å²) in [6, 6.07) is 9.30. The quantitative estimate of drug-likeness (QED) is 0.851. The lowest BCUT2D eigenvalue weighted by molar-refractivity contribution is 0.0730. The predicted octanol–water partition coefficient (Wildman–Crippen LogP) is 1.28. The molecule has 0 radical (unpaired) electrons. The molecule has 2 aromatic rings. The molecule has 1 aliphatic heterocycles. The monoisotopic (exact) mass is 377 g/mol. The number of rotatable bonds is 5. The lowest BCUT2D eigenvalue weighted by Crippen LogP contribution is -2.40. The molecule has 2 heterocycles. The molecule has 0 aliphatic carbocycles. The average molecular weight is 377 g/mol. The second-order valence-electron chi connectivity index (χ2n) is 6.36. The molecule has 1 aromatic carbocycles. The Kier molecular flexibility index (Phi) is 5.45. The number of ether oxygens (including phenoxy) is 1. The van der Waals surface area contributed by atoms with Crippen molar-refractivity contribution in [3.8, 4) is 0 Å². The summed E-state index contributed by atoms with van der Waals surface area (Å²) >= 11 is 0. The fraction of sp³-hybridized carbons (Fsp3) is 0.389. The summed E-state index contributed by atoms with van der Waals surface area (Å²) < 4.78 is 33.6. The number of aromatic nitrogens is 1. The van der Waals surface area contributed by atoms with E-state index in [2.05, 4.69) is 5.32 Å². The Morgan fingerprint density at radius 2 is 1.85 bits per heavy atom. The molecule has 0 saturated carbocycles. The van der Waals surface area contributed by atoms with Crippen LogP contribution in [0.5, 0.6) is 0 Å². The summed E-state index contributed by atoms with van der Waals surface area (Å²) in [5, 5.41) is 2.83. The van der Waals surface area contributed by atoms with Crippen molar-refractivity contribution < 1.29 is 17.9 Å². The SMILES string of the molecule is Cc1ccc(CNC(=O)c2cc(S(=O)(=O)N3CCOCC3)cn2C)cc1. The highest BCUT2D eigenvalue weighted by Crippen LogP contribution is 2.19. The molecule has 26 heavy (non-hydrogen) atoms. The number of carbonyl (C=O) groups excluding carboxylic acids is 1. The van der Waals surface area contributed by atoms with E-state index in [0.29, 0.717) is 38.5 Å². The number of carbonyl (C=O) groups is 1. The second-order valence-corrected chi connectivity index (χ2v) is 8.29. The normalized spacial score (nSPS) is 15.8. The number of nitrogens with one attached hydrogen (secondary N) is 1. The van der Waals surface area contributed by atoms with E-state index < -0.39 is 10.0 Å². The number of amides is 1. The van der Waals surface area contributed by atoms with Crippen LogP contribution in [0.4, 0.5) is 0 Å². The smallest absolute Gasteiger partial charge is 0.268 e. The van der Waals surface area contributed by atoms with Gasteiger partial charge in [-0.05, 0) is 18.6 Å². The van der Waals surface area contributed by atoms with Crippen molar-refractivity contribution in [2.75, 3.05) is 26.3 Å². The van der Waals surface area contributed by atoms with Crippen LogP contribution < -0.4 is 5.32 Å². The molecule has 0 atom stereocenters. The molecule has 7 nitrogen and oxygen atoms in total. The highest BCUT2D eigenvalue weighted by molar-refractivity contribution is 7.89. The van der Waals surface area contributed by atoms with Crippen molar-refractivity contribution in [2.45, 2.75) is 18.4 Å². The average Bonchev–Trinajstić information content (AvgIpc) is 3.04. The van der Waals surface area contributed by atoms with Crippen molar-refractivity contribution in [1.82, 2.24) is 14.2 Å². The summed E-state index contributed by atoms with van der Waals surface area (Å²) in [5.74, 6) is -0.309. The van der Waals surface area contributed by atoms with Gasteiger partial charge >= 0.3 is 0 Å². The minimum atomic E-state index is -3.62. The third-order valence-corrected chi connectivity index (χ3v) is 6.26. The van der Waals surface area contributed by atoms with E-state index in [1.54, 1.807) is 7.05 Å². The van der Waals surface area contributed by atoms with Gasteiger partial charge in [0.25, 0.3) is 5.91 Å². The maximum absolute atomic E-state index is 12.7. The van der Waals surface area contributed by atoms with Crippen LogP contribution in [0.25, 0.3) is 0 Å². The predicted molar refractivity (Wildman–Crippen MR) is 97.3 cm³/mol. The van der Waals surface area contributed by atoms with Crippen molar-refractivity contribution in [3.63, 3.8) is 0 Å². The van der Waals surface area contributed by atoms with Crippen LogP contribution in [-0.4, -0.2) is 49.5 Å². The maximum Gasteiger partial charge on any atom is 0.268 e. The van der Waals surface area contributed by atoms with Crippen LogP contribution in [0, 0.1) is 6.92 Å². The van der Waals surface area contributed by atoms with Crippen LogP contribution in [-0.2, 0) is 28.4 Å². The van der Waals surface area contributed by atoms with E-state index in [0.717, 1.165) is 11.1 Å². The number of benzene rings is 1. The maximum atomic E-state index is 12.7. The summed E-state index contributed by atoms with van der Waals surface area (Å²) in [6.45, 7) is 3.81. The molecule has 0 spiro atoms. The van der Waals surface area contributed by atoms with Crippen LogP contribution >= 0.6 is 0 Å². The molecule has 1 aliphatic rings. The Bertz CT molecular complexity index is 882. The zero-order chi connectivity index (χ0) is 18.7. The van der Waals surface area contributed by atoms with Gasteiger partial charge in [-0.3, -0.25) is 4.79 Å². The molecule has 1 saturated heterocycles. The molecule has 1 amide bonds. The molecule has 1 aromatic heterocycles. The van der Waals surface area contributed by atoms with Crippen LogP contribution in [0.3, 0.4) is 0 Å². The summed E-state index contributed by atoms with van der Waals surface area (Å²) in [6.07, 6.45) is 1.48. The number of sulfonamides is 1. The zero-order valence-corrected chi connectivity index (χ0v) is 15.8. The van der Waals surface area contributed by atoms with Crippen LogP contribution in [0.15, 0.2) is 41.4 Å².